The molecule has 0 fully saturated rings. The van der Waals surface area contributed by atoms with Gasteiger partial charge in [-0.05, 0) is 23.3 Å². The van der Waals surface area contributed by atoms with Crippen LogP contribution < -0.4 is 10.5 Å². The molecule has 1 atom stereocenters. The van der Waals surface area contributed by atoms with Crippen molar-refractivity contribution in [3.63, 3.8) is 0 Å². The molecule has 0 aromatic heterocycles. The molecule has 4 nitrogen and oxygen atoms in total. The first kappa shape index (κ1) is 14.4. The van der Waals surface area contributed by atoms with Gasteiger partial charge in [0.1, 0.15) is 5.75 Å². The van der Waals surface area contributed by atoms with Gasteiger partial charge in [0.2, 0.25) is 0 Å². The second-order valence-corrected chi connectivity index (χ2v) is 4.70. The normalized spacial score (nSPS) is 13.6. The first-order chi connectivity index (χ1) is 9.50. The Hall–Kier alpha value is -2.04. The summed E-state index contributed by atoms with van der Waals surface area (Å²) >= 11 is 6.04. The minimum Gasteiger partial charge on any atom is -0.495 e. The summed E-state index contributed by atoms with van der Waals surface area (Å²) in [6.45, 7) is 0. The van der Waals surface area contributed by atoms with E-state index in [-0.39, 0.29) is 0 Å². The summed E-state index contributed by atoms with van der Waals surface area (Å²) in [4.78, 5) is 11.8. The molecule has 20 heavy (non-hydrogen) atoms. The Bertz CT molecular complexity index is 630. The average molecular weight is 292 g/mol. The van der Waals surface area contributed by atoms with E-state index >= 15 is 0 Å². The minimum atomic E-state index is -1.93. The van der Waals surface area contributed by atoms with Gasteiger partial charge in [-0.3, -0.25) is 4.79 Å². The summed E-state index contributed by atoms with van der Waals surface area (Å²) in [5, 5.41) is 11.0. The van der Waals surface area contributed by atoms with Crippen LogP contribution in [0.15, 0.2) is 48.5 Å². The fraction of sp³-hybridized carbons (Fsp3) is 0.133. The number of ether oxygens (including phenoxy) is 1. The zero-order chi connectivity index (χ0) is 14.8. The number of primary amides is 1. The molecule has 1 unspecified atom stereocenters. The predicted molar refractivity (Wildman–Crippen MR) is 76.6 cm³/mol. The zero-order valence-electron chi connectivity index (χ0n) is 10.8. The summed E-state index contributed by atoms with van der Waals surface area (Å²) in [5.74, 6) is -0.416. The highest BCUT2D eigenvalue weighted by molar-refractivity contribution is 6.32. The molecule has 2 aromatic rings. The van der Waals surface area contributed by atoms with Crippen LogP contribution in [-0.4, -0.2) is 18.1 Å². The Morgan fingerprint density at radius 3 is 2.35 bits per heavy atom. The maximum Gasteiger partial charge on any atom is 0.258 e. The van der Waals surface area contributed by atoms with E-state index in [4.69, 9.17) is 22.1 Å². The summed E-state index contributed by atoms with van der Waals surface area (Å²) in [5.41, 5.74) is 4.14. The third-order valence-electron chi connectivity index (χ3n) is 3.12. The molecule has 0 aliphatic heterocycles. The lowest BCUT2D eigenvalue weighted by Gasteiger charge is -2.26. The number of carbonyl (C=O) groups is 1. The van der Waals surface area contributed by atoms with Crippen molar-refractivity contribution in [2.75, 3.05) is 7.11 Å². The van der Waals surface area contributed by atoms with Crippen molar-refractivity contribution >= 4 is 17.5 Å². The highest BCUT2D eigenvalue weighted by atomic mass is 35.5. The van der Waals surface area contributed by atoms with Crippen molar-refractivity contribution < 1.29 is 14.6 Å². The van der Waals surface area contributed by atoms with Crippen molar-refractivity contribution in [3.8, 4) is 5.75 Å². The maximum atomic E-state index is 11.8. The van der Waals surface area contributed by atoms with E-state index in [1.807, 2.05) is 0 Å². The maximum absolute atomic E-state index is 11.8. The van der Waals surface area contributed by atoms with Crippen molar-refractivity contribution in [1.82, 2.24) is 0 Å². The number of benzene rings is 2. The lowest BCUT2D eigenvalue weighted by Crippen LogP contribution is -2.42. The van der Waals surface area contributed by atoms with E-state index in [0.29, 0.717) is 21.9 Å². The molecule has 0 spiro atoms. The van der Waals surface area contributed by atoms with Gasteiger partial charge in [-0.15, -0.1) is 0 Å². The number of amides is 1. The molecule has 104 valence electrons. The minimum absolute atomic E-state index is 0.292. The van der Waals surface area contributed by atoms with E-state index in [9.17, 15) is 9.90 Å². The molecule has 0 aliphatic carbocycles. The third kappa shape index (κ3) is 2.35. The van der Waals surface area contributed by atoms with Gasteiger partial charge in [-0.25, -0.2) is 0 Å². The number of halogens is 1. The van der Waals surface area contributed by atoms with Gasteiger partial charge >= 0.3 is 0 Å². The monoisotopic (exact) mass is 291 g/mol. The molecule has 5 heteroatoms. The van der Waals surface area contributed by atoms with Gasteiger partial charge in [-0.1, -0.05) is 48.0 Å². The third-order valence-corrected chi connectivity index (χ3v) is 3.41. The number of carbonyl (C=O) groups excluding carboxylic acids is 1. The van der Waals surface area contributed by atoms with Crippen LogP contribution in [0, 0.1) is 0 Å². The second kappa shape index (κ2) is 5.53. The van der Waals surface area contributed by atoms with E-state index < -0.39 is 11.5 Å². The van der Waals surface area contributed by atoms with Crippen LogP contribution in [-0.2, 0) is 10.4 Å². The summed E-state index contributed by atoms with van der Waals surface area (Å²) in [6, 6.07) is 13.1. The second-order valence-electron chi connectivity index (χ2n) is 4.29. The molecule has 0 radical (unpaired) electrons. The predicted octanol–water partition coefficient (Wildman–Crippen LogP) is 2.07. The zero-order valence-corrected chi connectivity index (χ0v) is 11.6. The van der Waals surface area contributed by atoms with Crippen LogP contribution in [0.2, 0.25) is 5.02 Å². The smallest absolute Gasteiger partial charge is 0.258 e. The fourth-order valence-corrected chi connectivity index (χ4v) is 2.28. The molecule has 0 aliphatic rings. The van der Waals surface area contributed by atoms with E-state index in [2.05, 4.69) is 0 Å². The highest BCUT2D eigenvalue weighted by Gasteiger charge is 2.38. The van der Waals surface area contributed by atoms with Crippen molar-refractivity contribution in [1.29, 1.82) is 0 Å². The Morgan fingerprint density at radius 1 is 1.20 bits per heavy atom. The van der Waals surface area contributed by atoms with Crippen LogP contribution in [0.4, 0.5) is 0 Å². The van der Waals surface area contributed by atoms with Crippen molar-refractivity contribution in [2.45, 2.75) is 5.60 Å². The SMILES string of the molecule is COc1ccc(C(O)(C(N)=O)c2ccccc2)cc1Cl. The molecule has 1 amide bonds. The van der Waals surface area contributed by atoms with Crippen LogP contribution >= 0.6 is 11.6 Å². The Kier molecular flexibility index (Phi) is 3.97. The van der Waals surface area contributed by atoms with E-state index in [1.165, 1.54) is 13.2 Å². The molecule has 2 aromatic carbocycles. The number of methoxy groups -OCH3 is 1. The fourth-order valence-electron chi connectivity index (χ4n) is 2.02. The lowest BCUT2D eigenvalue weighted by molar-refractivity contribution is -0.133. The highest BCUT2D eigenvalue weighted by Crippen LogP contribution is 2.34. The molecule has 0 saturated heterocycles. The van der Waals surface area contributed by atoms with Gasteiger partial charge in [0, 0.05) is 0 Å². The quantitative estimate of drug-likeness (QED) is 0.906. The number of hydrogen-bond acceptors (Lipinski definition) is 3. The number of rotatable bonds is 4. The number of aliphatic hydroxyl groups is 1. The number of nitrogens with two attached hydrogens (primary N) is 1. The average Bonchev–Trinajstić information content (AvgIpc) is 2.47. The molecule has 0 saturated carbocycles. The first-order valence-corrected chi connectivity index (χ1v) is 6.29. The Labute approximate surface area is 121 Å². The van der Waals surface area contributed by atoms with Crippen LogP contribution in [0.25, 0.3) is 0 Å². The molecular weight excluding hydrogens is 278 g/mol. The largest absolute Gasteiger partial charge is 0.495 e. The summed E-state index contributed by atoms with van der Waals surface area (Å²) in [7, 11) is 1.48. The Balaban J connectivity index is 2.60. The standard InChI is InChI=1S/C15H14ClNO3/c1-20-13-8-7-11(9-12(13)16)15(19,14(17)18)10-5-3-2-4-6-10/h2-9,19H,1H3,(H2,17,18). The molecular formula is C15H14ClNO3. The number of hydrogen-bond donors (Lipinski definition) is 2. The van der Waals surface area contributed by atoms with Crippen LogP contribution in [0.3, 0.4) is 0 Å². The van der Waals surface area contributed by atoms with Gasteiger partial charge in [-0.2, -0.15) is 0 Å². The van der Waals surface area contributed by atoms with Gasteiger partial charge < -0.3 is 15.6 Å². The van der Waals surface area contributed by atoms with Crippen molar-refractivity contribution in [2.24, 2.45) is 5.73 Å². The topological polar surface area (TPSA) is 72.6 Å². The molecule has 0 bridgehead atoms. The summed E-state index contributed by atoms with van der Waals surface area (Å²) in [6.07, 6.45) is 0. The summed E-state index contributed by atoms with van der Waals surface area (Å²) < 4.78 is 5.05. The van der Waals surface area contributed by atoms with Crippen LogP contribution in [0.1, 0.15) is 11.1 Å². The first-order valence-electron chi connectivity index (χ1n) is 5.92. The van der Waals surface area contributed by atoms with Gasteiger partial charge in [0.05, 0.1) is 12.1 Å². The van der Waals surface area contributed by atoms with Gasteiger partial charge in [0.25, 0.3) is 5.91 Å². The lowest BCUT2D eigenvalue weighted by atomic mass is 9.85. The molecule has 3 N–H and O–H groups in total. The van der Waals surface area contributed by atoms with Crippen LogP contribution in [0.5, 0.6) is 5.75 Å². The van der Waals surface area contributed by atoms with Crippen molar-refractivity contribution in [3.05, 3.63) is 64.7 Å². The van der Waals surface area contributed by atoms with Gasteiger partial charge in [0.15, 0.2) is 5.60 Å². The van der Waals surface area contributed by atoms with E-state index in [1.54, 1.807) is 42.5 Å². The Morgan fingerprint density at radius 2 is 1.85 bits per heavy atom. The van der Waals surface area contributed by atoms with E-state index in [0.717, 1.165) is 0 Å². The molecule has 0 heterocycles. The molecule has 2 rings (SSSR count).